The normalized spacial score (nSPS) is 11.7. The average molecular weight is 332 g/mol. The standard InChI is InChI=1S/C20H20N4O/c1-11(2)16-7-8-17-20(23-16)24-18(13(4)22-17)10-21-19(24)15-9-14(25)6-5-12(15)3/h5-11,25H,1-4H3. The highest BCUT2D eigenvalue weighted by atomic mass is 16.3. The zero-order valence-corrected chi connectivity index (χ0v) is 14.8. The van der Waals surface area contributed by atoms with Crippen molar-refractivity contribution in [1.29, 1.82) is 0 Å². The molecule has 0 aliphatic heterocycles. The Morgan fingerprint density at radius 1 is 1.04 bits per heavy atom. The number of hydrogen-bond acceptors (Lipinski definition) is 4. The lowest BCUT2D eigenvalue weighted by Crippen LogP contribution is -2.02. The third-order valence-corrected chi connectivity index (χ3v) is 4.56. The summed E-state index contributed by atoms with van der Waals surface area (Å²) in [6.45, 7) is 8.24. The van der Waals surface area contributed by atoms with Crippen LogP contribution in [0.4, 0.5) is 0 Å². The zero-order valence-electron chi connectivity index (χ0n) is 14.8. The quantitative estimate of drug-likeness (QED) is 0.591. The summed E-state index contributed by atoms with van der Waals surface area (Å²) in [6, 6.07) is 9.38. The summed E-state index contributed by atoms with van der Waals surface area (Å²) >= 11 is 0. The number of phenolic OH excluding ortho intramolecular Hbond substituents is 1. The third-order valence-electron chi connectivity index (χ3n) is 4.56. The lowest BCUT2D eigenvalue weighted by atomic mass is 10.1. The predicted octanol–water partition coefficient (Wildman–Crippen LogP) is 4.39. The van der Waals surface area contributed by atoms with E-state index < -0.39 is 0 Å². The van der Waals surface area contributed by atoms with Crippen molar-refractivity contribution in [1.82, 2.24) is 19.4 Å². The van der Waals surface area contributed by atoms with Crippen molar-refractivity contribution in [2.24, 2.45) is 0 Å². The highest BCUT2D eigenvalue weighted by molar-refractivity contribution is 5.80. The van der Waals surface area contributed by atoms with Crippen LogP contribution in [-0.2, 0) is 0 Å². The van der Waals surface area contributed by atoms with Gasteiger partial charge in [0, 0.05) is 11.3 Å². The lowest BCUT2D eigenvalue weighted by Gasteiger charge is -2.11. The van der Waals surface area contributed by atoms with Gasteiger partial charge in [-0.1, -0.05) is 19.9 Å². The van der Waals surface area contributed by atoms with Crippen molar-refractivity contribution >= 4 is 16.7 Å². The van der Waals surface area contributed by atoms with Crippen LogP contribution < -0.4 is 0 Å². The van der Waals surface area contributed by atoms with E-state index in [1.807, 2.05) is 42.6 Å². The number of pyridine rings is 1. The topological polar surface area (TPSA) is 63.3 Å². The largest absolute Gasteiger partial charge is 0.508 e. The molecule has 5 nitrogen and oxygen atoms in total. The second-order valence-electron chi connectivity index (χ2n) is 6.73. The minimum atomic E-state index is 0.225. The Balaban J connectivity index is 2.14. The van der Waals surface area contributed by atoms with Crippen LogP contribution in [0.1, 0.15) is 36.7 Å². The average Bonchev–Trinajstić information content (AvgIpc) is 3.02. The fourth-order valence-electron chi connectivity index (χ4n) is 3.13. The van der Waals surface area contributed by atoms with Crippen LogP contribution in [0.2, 0.25) is 0 Å². The molecule has 25 heavy (non-hydrogen) atoms. The number of nitrogens with zero attached hydrogens (tertiary/aromatic N) is 4. The molecule has 3 aromatic heterocycles. The second kappa shape index (κ2) is 5.55. The molecule has 0 radical (unpaired) electrons. The molecule has 0 amide bonds. The minimum absolute atomic E-state index is 0.225. The lowest BCUT2D eigenvalue weighted by molar-refractivity contribution is 0.475. The van der Waals surface area contributed by atoms with Crippen molar-refractivity contribution < 1.29 is 5.11 Å². The van der Waals surface area contributed by atoms with Crippen molar-refractivity contribution in [3.05, 3.63) is 53.5 Å². The van der Waals surface area contributed by atoms with Crippen molar-refractivity contribution in [3.8, 4) is 17.1 Å². The van der Waals surface area contributed by atoms with Gasteiger partial charge in [0.2, 0.25) is 0 Å². The van der Waals surface area contributed by atoms with Gasteiger partial charge in [0.05, 0.1) is 17.4 Å². The molecule has 0 unspecified atom stereocenters. The first-order valence-corrected chi connectivity index (χ1v) is 8.40. The number of fused-ring (bicyclic) bond motifs is 3. The molecule has 0 spiro atoms. The van der Waals surface area contributed by atoms with E-state index in [2.05, 4.69) is 23.8 Å². The third kappa shape index (κ3) is 2.43. The molecule has 126 valence electrons. The van der Waals surface area contributed by atoms with Gasteiger partial charge in [-0.2, -0.15) is 0 Å². The van der Waals surface area contributed by atoms with Gasteiger partial charge in [-0.15, -0.1) is 0 Å². The van der Waals surface area contributed by atoms with E-state index in [9.17, 15) is 5.11 Å². The summed E-state index contributed by atoms with van der Waals surface area (Å²) in [5.74, 6) is 1.32. The molecular formula is C20H20N4O. The Hall–Kier alpha value is -2.95. The summed E-state index contributed by atoms with van der Waals surface area (Å²) in [6.07, 6.45) is 1.82. The smallest absolute Gasteiger partial charge is 0.165 e. The van der Waals surface area contributed by atoms with Gasteiger partial charge >= 0.3 is 0 Å². The van der Waals surface area contributed by atoms with E-state index in [4.69, 9.17) is 4.98 Å². The molecule has 4 rings (SSSR count). The highest BCUT2D eigenvalue weighted by Gasteiger charge is 2.16. The SMILES string of the molecule is Cc1ccc(O)cc1-c1ncc2c(C)nc3ccc(C(C)C)nc3n12. The van der Waals surface area contributed by atoms with E-state index in [-0.39, 0.29) is 5.75 Å². The molecule has 1 aromatic carbocycles. The summed E-state index contributed by atoms with van der Waals surface area (Å²) < 4.78 is 2.05. The molecule has 0 atom stereocenters. The second-order valence-corrected chi connectivity index (χ2v) is 6.73. The van der Waals surface area contributed by atoms with Gasteiger partial charge < -0.3 is 5.11 Å². The highest BCUT2D eigenvalue weighted by Crippen LogP contribution is 2.30. The number of aryl methyl sites for hydroxylation is 2. The summed E-state index contributed by atoms with van der Waals surface area (Å²) in [4.78, 5) is 14.2. The Bertz CT molecular complexity index is 1110. The van der Waals surface area contributed by atoms with E-state index >= 15 is 0 Å². The number of aromatic nitrogens is 4. The van der Waals surface area contributed by atoms with Gasteiger partial charge in [0.25, 0.3) is 0 Å². The number of phenols is 1. The first-order valence-electron chi connectivity index (χ1n) is 8.40. The zero-order chi connectivity index (χ0) is 17.7. The van der Waals surface area contributed by atoms with Crippen LogP contribution in [0.3, 0.4) is 0 Å². The predicted molar refractivity (Wildman–Crippen MR) is 99.0 cm³/mol. The Labute approximate surface area is 146 Å². The van der Waals surface area contributed by atoms with Crippen molar-refractivity contribution in [2.45, 2.75) is 33.6 Å². The first-order chi connectivity index (χ1) is 12.0. The summed E-state index contributed by atoms with van der Waals surface area (Å²) in [5.41, 5.74) is 6.43. The maximum atomic E-state index is 9.93. The van der Waals surface area contributed by atoms with Crippen LogP contribution in [-0.4, -0.2) is 24.5 Å². The van der Waals surface area contributed by atoms with Crippen LogP contribution in [0.5, 0.6) is 5.75 Å². The van der Waals surface area contributed by atoms with Gasteiger partial charge in [-0.05, 0) is 49.6 Å². The van der Waals surface area contributed by atoms with Crippen molar-refractivity contribution in [2.75, 3.05) is 0 Å². The van der Waals surface area contributed by atoms with Crippen LogP contribution in [0.25, 0.3) is 28.1 Å². The summed E-state index contributed by atoms with van der Waals surface area (Å²) in [5, 5.41) is 9.93. The molecule has 0 aliphatic rings. The fourth-order valence-corrected chi connectivity index (χ4v) is 3.13. The van der Waals surface area contributed by atoms with Crippen molar-refractivity contribution in [3.63, 3.8) is 0 Å². The van der Waals surface area contributed by atoms with Gasteiger partial charge in [-0.3, -0.25) is 4.40 Å². The van der Waals surface area contributed by atoms with E-state index in [1.165, 1.54) is 0 Å². The van der Waals surface area contributed by atoms with Crippen LogP contribution in [0, 0.1) is 13.8 Å². The maximum Gasteiger partial charge on any atom is 0.165 e. The van der Waals surface area contributed by atoms with Gasteiger partial charge in [0.15, 0.2) is 5.65 Å². The number of benzene rings is 1. The minimum Gasteiger partial charge on any atom is -0.508 e. The molecule has 4 aromatic rings. The van der Waals surface area contributed by atoms with E-state index in [0.29, 0.717) is 5.92 Å². The Morgan fingerprint density at radius 2 is 1.84 bits per heavy atom. The van der Waals surface area contributed by atoms with Gasteiger partial charge in [0.1, 0.15) is 17.1 Å². The summed E-state index contributed by atoms with van der Waals surface area (Å²) in [7, 11) is 0. The fraction of sp³-hybridized carbons (Fsp3) is 0.250. The monoisotopic (exact) mass is 332 g/mol. The molecule has 3 heterocycles. The molecule has 0 aliphatic carbocycles. The number of hydrogen-bond donors (Lipinski definition) is 1. The number of aromatic hydroxyl groups is 1. The first kappa shape index (κ1) is 15.6. The molecule has 0 fully saturated rings. The Morgan fingerprint density at radius 3 is 2.60 bits per heavy atom. The van der Waals surface area contributed by atoms with E-state index in [0.717, 1.165) is 45.0 Å². The van der Waals surface area contributed by atoms with Gasteiger partial charge in [-0.25, -0.2) is 15.0 Å². The number of rotatable bonds is 2. The molecular weight excluding hydrogens is 312 g/mol. The molecule has 5 heteroatoms. The molecule has 0 saturated heterocycles. The van der Waals surface area contributed by atoms with E-state index in [1.54, 1.807) is 12.1 Å². The van der Waals surface area contributed by atoms with Crippen LogP contribution >= 0.6 is 0 Å². The molecule has 0 bridgehead atoms. The Kier molecular flexibility index (Phi) is 3.46. The molecule has 1 N–H and O–H groups in total. The number of imidazole rings is 1. The maximum absolute atomic E-state index is 9.93. The van der Waals surface area contributed by atoms with Crippen LogP contribution in [0.15, 0.2) is 36.5 Å². The molecule has 0 saturated carbocycles.